The summed E-state index contributed by atoms with van der Waals surface area (Å²) in [7, 11) is 0. The fourth-order valence-electron chi connectivity index (χ4n) is 2.18. The van der Waals surface area contributed by atoms with Crippen LogP contribution in [0.3, 0.4) is 0 Å². The molecule has 0 bridgehead atoms. The highest BCUT2D eigenvalue weighted by atomic mass is 79.9. The maximum absolute atomic E-state index is 9.80. The van der Waals surface area contributed by atoms with Gasteiger partial charge in [-0.15, -0.1) is 0 Å². The summed E-state index contributed by atoms with van der Waals surface area (Å²) in [6.07, 6.45) is 1.99. The molecule has 0 radical (unpaired) electrons. The van der Waals surface area contributed by atoms with E-state index in [1.54, 1.807) is 0 Å². The second-order valence-electron chi connectivity index (χ2n) is 4.29. The van der Waals surface area contributed by atoms with Crippen LogP contribution in [-0.4, -0.2) is 11.2 Å². The van der Waals surface area contributed by atoms with Gasteiger partial charge in [0.2, 0.25) is 0 Å². The van der Waals surface area contributed by atoms with Gasteiger partial charge in [0.25, 0.3) is 0 Å². The third-order valence-corrected chi connectivity index (χ3v) is 3.82. The van der Waals surface area contributed by atoms with Crippen LogP contribution < -0.4 is 0 Å². The number of hydrogen-bond donors (Lipinski definition) is 1. The van der Waals surface area contributed by atoms with Crippen molar-refractivity contribution in [2.75, 3.05) is 0 Å². The molecule has 0 amide bonds. The summed E-state index contributed by atoms with van der Waals surface area (Å²) in [6, 6.07) is 6.31. The van der Waals surface area contributed by atoms with Crippen molar-refractivity contribution < 1.29 is 5.11 Å². The molecule has 1 aromatic rings. The predicted molar refractivity (Wildman–Crippen MR) is 61.5 cm³/mol. The van der Waals surface area contributed by atoms with Crippen molar-refractivity contribution >= 4 is 15.9 Å². The van der Waals surface area contributed by atoms with Crippen molar-refractivity contribution in [3.05, 3.63) is 33.8 Å². The lowest BCUT2D eigenvalue weighted by Gasteiger charge is -2.21. The van der Waals surface area contributed by atoms with Crippen LogP contribution in [0.15, 0.2) is 22.7 Å². The predicted octanol–water partition coefficient (Wildman–Crippen LogP) is 3.17. The van der Waals surface area contributed by atoms with Gasteiger partial charge in [0.15, 0.2) is 0 Å². The smallest absolute Gasteiger partial charge is 0.0608 e. The Labute approximate surface area is 93.3 Å². The number of halogens is 1. The van der Waals surface area contributed by atoms with Gasteiger partial charge in [-0.05, 0) is 49.9 Å². The van der Waals surface area contributed by atoms with Crippen LogP contribution in [0.5, 0.6) is 0 Å². The molecule has 1 fully saturated rings. The molecule has 1 aliphatic rings. The standard InChI is InChI=1S/C12H15BrO/c1-8-3-4-10(13)7-11(8)12(5-6-12)9(2)14/h3-4,7,9,14H,5-6H2,1-2H3. The molecule has 2 rings (SSSR count). The molecule has 1 saturated carbocycles. The first-order valence-corrected chi connectivity index (χ1v) is 5.80. The van der Waals surface area contributed by atoms with E-state index in [2.05, 4.69) is 41.1 Å². The number of rotatable bonds is 2. The van der Waals surface area contributed by atoms with E-state index in [1.807, 2.05) is 6.92 Å². The van der Waals surface area contributed by atoms with Gasteiger partial charge in [-0.2, -0.15) is 0 Å². The number of aliphatic hydroxyl groups excluding tert-OH is 1. The van der Waals surface area contributed by atoms with Crippen LogP contribution in [0.2, 0.25) is 0 Å². The first-order chi connectivity index (χ1) is 6.56. The molecule has 2 heteroatoms. The Hall–Kier alpha value is -0.340. The Bertz CT molecular complexity index is 353. The van der Waals surface area contributed by atoms with Crippen molar-refractivity contribution in [1.29, 1.82) is 0 Å². The third kappa shape index (κ3) is 1.51. The molecule has 1 aliphatic carbocycles. The zero-order valence-corrected chi connectivity index (χ0v) is 10.1. The van der Waals surface area contributed by atoms with Crippen LogP contribution in [0, 0.1) is 6.92 Å². The summed E-state index contributed by atoms with van der Waals surface area (Å²) in [5.41, 5.74) is 2.64. The lowest BCUT2D eigenvalue weighted by molar-refractivity contribution is 0.150. The maximum Gasteiger partial charge on any atom is 0.0608 e. The van der Waals surface area contributed by atoms with Crippen molar-refractivity contribution in [3.63, 3.8) is 0 Å². The largest absolute Gasteiger partial charge is 0.392 e. The zero-order chi connectivity index (χ0) is 10.3. The van der Waals surface area contributed by atoms with Gasteiger partial charge in [0.05, 0.1) is 6.10 Å². The van der Waals surface area contributed by atoms with Crippen LogP contribution >= 0.6 is 15.9 Å². The topological polar surface area (TPSA) is 20.2 Å². The highest BCUT2D eigenvalue weighted by molar-refractivity contribution is 9.10. The highest BCUT2D eigenvalue weighted by Gasteiger charge is 2.49. The van der Waals surface area contributed by atoms with Gasteiger partial charge in [0.1, 0.15) is 0 Å². The molecule has 0 saturated heterocycles. The molecule has 1 aromatic carbocycles. The van der Waals surface area contributed by atoms with Gasteiger partial charge in [-0.25, -0.2) is 0 Å². The monoisotopic (exact) mass is 254 g/mol. The number of aliphatic hydroxyl groups is 1. The fraction of sp³-hybridized carbons (Fsp3) is 0.500. The Balaban J connectivity index is 2.46. The summed E-state index contributed by atoms with van der Waals surface area (Å²) >= 11 is 3.48. The minimum absolute atomic E-state index is 0.0495. The van der Waals surface area contributed by atoms with Crippen molar-refractivity contribution in [2.45, 2.75) is 38.2 Å². The van der Waals surface area contributed by atoms with Gasteiger partial charge in [-0.3, -0.25) is 0 Å². The highest BCUT2D eigenvalue weighted by Crippen LogP contribution is 2.52. The normalized spacial score (nSPS) is 20.6. The molecule has 0 heterocycles. The molecule has 1 atom stereocenters. The van der Waals surface area contributed by atoms with E-state index < -0.39 is 0 Å². The van der Waals surface area contributed by atoms with Crippen LogP contribution in [0.1, 0.15) is 30.9 Å². The van der Waals surface area contributed by atoms with Crippen molar-refractivity contribution in [3.8, 4) is 0 Å². The molecule has 76 valence electrons. The molecule has 14 heavy (non-hydrogen) atoms. The molecular weight excluding hydrogens is 240 g/mol. The van der Waals surface area contributed by atoms with E-state index in [0.717, 1.165) is 17.3 Å². The summed E-state index contributed by atoms with van der Waals surface area (Å²) < 4.78 is 1.10. The first-order valence-electron chi connectivity index (χ1n) is 5.01. The number of hydrogen-bond acceptors (Lipinski definition) is 1. The molecule has 0 aliphatic heterocycles. The summed E-state index contributed by atoms with van der Waals surface area (Å²) in [5.74, 6) is 0. The van der Waals surface area contributed by atoms with Gasteiger partial charge < -0.3 is 5.11 Å². The lowest BCUT2D eigenvalue weighted by Crippen LogP contribution is -2.23. The SMILES string of the molecule is Cc1ccc(Br)cc1C1(C(C)O)CC1. The van der Waals surface area contributed by atoms with E-state index in [4.69, 9.17) is 0 Å². The zero-order valence-electron chi connectivity index (χ0n) is 8.55. The maximum atomic E-state index is 9.80. The number of benzene rings is 1. The molecule has 0 spiro atoms. The minimum Gasteiger partial charge on any atom is -0.392 e. The average molecular weight is 255 g/mol. The van der Waals surface area contributed by atoms with Gasteiger partial charge >= 0.3 is 0 Å². The van der Waals surface area contributed by atoms with E-state index in [1.165, 1.54) is 11.1 Å². The van der Waals surface area contributed by atoms with Crippen LogP contribution in [0.25, 0.3) is 0 Å². The quantitative estimate of drug-likeness (QED) is 0.860. The molecule has 1 N–H and O–H groups in total. The summed E-state index contributed by atoms with van der Waals surface area (Å²) in [6.45, 7) is 4.01. The summed E-state index contributed by atoms with van der Waals surface area (Å²) in [4.78, 5) is 0. The lowest BCUT2D eigenvalue weighted by atomic mass is 9.88. The van der Waals surface area contributed by atoms with E-state index in [-0.39, 0.29) is 11.5 Å². The summed E-state index contributed by atoms with van der Waals surface area (Å²) in [5, 5.41) is 9.80. The van der Waals surface area contributed by atoms with E-state index in [0.29, 0.717) is 0 Å². The minimum atomic E-state index is -0.240. The van der Waals surface area contributed by atoms with E-state index in [9.17, 15) is 5.11 Å². The molecule has 1 nitrogen and oxygen atoms in total. The Kier molecular flexibility index (Phi) is 2.44. The van der Waals surface area contributed by atoms with Crippen molar-refractivity contribution in [2.24, 2.45) is 0 Å². The van der Waals surface area contributed by atoms with E-state index >= 15 is 0 Å². The molecular formula is C12H15BrO. The second kappa shape index (κ2) is 3.35. The van der Waals surface area contributed by atoms with Crippen molar-refractivity contribution in [1.82, 2.24) is 0 Å². The van der Waals surface area contributed by atoms with Crippen LogP contribution in [0.4, 0.5) is 0 Å². The first kappa shape index (κ1) is 10.2. The van der Waals surface area contributed by atoms with Crippen LogP contribution in [-0.2, 0) is 5.41 Å². The molecule has 0 aromatic heterocycles. The van der Waals surface area contributed by atoms with Gasteiger partial charge in [0, 0.05) is 9.89 Å². The fourth-order valence-corrected chi connectivity index (χ4v) is 2.54. The Morgan fingerprint density at radius 3 is 2.57 bits per heavy atom. The third-order valence-electron chi connectivity index (χ3n) is 3.32. The molecule has 1 unspecified atom stereocenters. The Morgan fingerprint density at radius 1 is 1.43 bits per heavy atom. The second-order valence-corrected chi connectivity index (χ2v) is 5.21. The Morgan fingerprint density at radius 2 is 2.07 bits per heavy atom. The number of aryl methyl sites for hydroxylation is 1. The average Bonchev–Trinajstić information content (AvgIpc) is 2.90. The van der Waals surface area contributed by atoms with Gasteiger partial charge in [-0.1, -0.05) is 22.0 Å².